The fourth-order valence-electron chi connectivity index (χ4n) is 4.85. The summed E-state index contributed by atoms with van der Waals surface area (Å²) in [7, 11) is -3.81. The molecule has 13 heteroatoms. The average Bonchev–Trinajstić information content (AvgIpc) is 3.30. The molecule has 214 valence electrons. The van der Waals surface area contributed by atoms with Crippen LogP contribution in [0.25, 0.3) is 22.4 Å². The second-order valence-electron chi connectivity index (χ2n) is 9.49. The molecular formula is C26H37N6O6S-. The molecule has 0 atom stereocenters. The third kappa shape index (κ3) is 6.34. The van der Waals surface area contributed by atoms with Crippen LogP contribution in [0, 0.1) is 5.21 Å². The van der Waals surface area contributed by atoms with Gasteiger partial charge in [0, 0.05) is 45.5 Å². The fraction of sp³-hybridized carbons (Fsp3) is 0.538. The molecule has 0 spiro atoms. The van der Waals surface area contributed by atoms with E-state index in [1.807, 2.05) is 29.5 Å². The SMILES string of the molecule is CCCOc1ccc(S(=O)(=O)N2CCN(CCON[O-])CC2)cc1-c1nc2c(CCC)cn(CC)c2c(=O)[nH]1. The predicted octanol–water partition coefficient (Wildman–Crippen LogP) is 2.48. The van der Waals surface area contributed by atoms with Crippen molar-refractivity contribution in [2.75, 3.05) is 45.9 Å². The monoisotopic (exact) mass is 561 g/mol. The highest BCUT2D eigenvalue weighted by Gasteiger charge is 2.29. The Labute approximate surface area is 228 Å². The molecule has 1 saturated heterocycles. The Bertz CT molecular complexity index is 1430. The molecule has 0 saturated carbocycles. The molecule has 1 aliphatic rings. The molecule has 1 aromatic carbocycles. The van der Waals surface area contributed by atoms with Crippen molar-refractivity contribution < 1.29 is 18.0 Å². The number of nitrogens with zero attached hydrogens (tertiary/aromatic N) is 4. The van der Waals surface area contributed by atoms with E-state index in [0.29, 0.717) is 68.2 Å². The Morgan fingerprint density at radius 3 is 2.54 bits per heavy atom. The van der Waals surface area contributed by atoms with Gasteiger partial charge in [0.2, 0.25) is 10.0 Å². The lowest BCUT2D eigenvalue weighted by atomic mass is 10.1. The fourth-order valence-corrected chi connectivity index (χ4v) is 6.30. The maximum Gasteiger partial charge on any atom is 0.275 e. The average molecular weight is 562 g/mol. The van der Waals surface area contributed by atoms with E-state index < -0.39 is 10.0 Å². The number of ether oxygens (including phenoxy) is 1. The van der Waals surface area contributed by atoms with Crippen LogP contribution in [-0.4, -0.2) is 78.1 Å². The molecule has 0 aliphatic carbocycles. The summed E-state index contributed by atoms with van der Waals surface area (Å²) < 4.78 is 36.5. The third-order valence-corrected chi connectivity index (χ3v) is 8.76. The zero-order chi connectivity index (χ0) is 28.0. The van der Waals surface area contributed by atoms with Gasteiger partial charge in [0.05, 0.1) is 29.2 Å². The first-order valence-corrected chi connectivity index (χ1v) is 14.9. The molecule has 3 heterocycles. The molecule has 1 aliphatic heterocycles. The van der Waals surface area contributed by atoms with E-state index in [1.54, 1.807) is 12.1 Å². The Balaban J connectivity index is 1.71. The number of benzene rings is 1. The maximum atomic E-state index is 13.6. The summed E-state index contributed by atoms with van der Waals surface area (Å²) in [5.41, 5.74) is 3.67. The van der Waals surface area contributed by atoms with Crippen molar-refractivity contribution in [1.29, 1.82) is 0 Å². The molecule has 2 aromatic heterocycles. The van der Waals surface area contributed by atoms with Crippen molar-refractivity contribution in [3.8, 4) is 17.1 Å². The van der Waals surface area contributed by atoms with Crippen LogP contribution in [0.15, 0.2) is 34.1 Å². The van der Waals surface area contributed by atoms with E-state index in [-0.39, 0.29) is 22.9 Å². The Kier molecular flexibility index (Phi) is 9.75. The van der Waals surface area contributed by atoms with Crippen LogP contribution in [0.5, 0.6) is 5.75 Å². The maximum absolute atomic E-state index is 13.6. The number of aromatic nitrogens is 3. The molecular weight excluding hydrogens is 524 g/mol. The number of aromatic amines is 1. The van der Waals surface area contributed by atoms with Crippen LogP contribution < -0.4 is 15.9 Å². The van der Waals surface area contributed by atoms with Gasteiger partial charge in [-0.05, 0) is 43.5 Å². The van der Waals surface area contributed by atoms with Gasteiger partial charge >= 0.3 is 0 Å². The number of aryl methyl sites for hydroxylation is 2. The summed E-state index contributed by atoms with van der Waals surface area (Å²) >= 11 is 0. The minimum Gasteiger partial charge on any atom is -0.765 e. The summed E-state index contributed by atoms with van der Waals surface area (Å²) in [6, 6.07) is 4.72. The molecule has 1 fully saturated rings. The lowest BCUT2D eigenvalue weighted by molar-refractivity contribution is 0.0455. The summed E-state index contributed by atoms with van der Waals surface area (Å²) in [5, 5.41) is 10.3. The number of piperazine rings is 1. The summed E-state index contributed by atoms with van der Waals surface area (Å²) in [4.78, 5) is 27.7. The molecule has 2 N–H and O–H groups in total. The zero-order valence-electron chi connectivity index (χ0n) is 22.7. The molecule has 39 heavy (non-hydrogen) atoms. The number of nitrogens with one attached hydrogen (secondary N) is 2. The Morgan fingerprint density at radius 1 is 1.10 bits per heavy atom. The van der Waals surface area contributed by atoms with E-state index in [4.69, 9.17) is 9.72 Å². The lowest BCUT2D eigenvalue weighted by Gasteiger charge is -2.34. The van der Waals surface area contributed by atoms with Gasteiger partial charge in [-0.2, -0.15) is 4.31 Å². The zero-order valence-corrected chi connectivity index (χ0v) is 23.6. The second-order valence-corrected chi connectivity index (χ2v) is 11.4. The number of hydrogen-bond donors (Lipinski definition) is 2. The van der Waals surface area contributed by atoms with Crippen LogP contribution >= 0.6 is 0 Å². The highest BCUT2D eigenvalue weighted by atomic mass is 32.2. The number of fused-ring (bicyclic) bond motifs is 1. The van der Waals surface area contributed by atoms with Crippen LogP contribution in [0.2, 0.25) is 0 Å². The van der Waals surface area contributed by atoms with Gasteiger partial charge in [0.15, 0.2) is 0 Å². The molecule has 3 aromatic rings. The van der Waals surface area contributed by atoms with E-state index in [0.717, 1.165) is 24.8 Å². The molecule has 0 bridgehead atoms. The first-order chi connectivity index (χ1) is 18.8. The standard InChI is InChI=1S/C26H37N6O6S/c1-4-7-19-18-31(6-3)24-23(19)27-25(28-26(24)33)21-17-20(8-9-22(21)37-15-5-2)39(35,36)32-12-10-30(11-13-32)14-16-38-29-34/h8-9,17-18,29H,4-7,10-16H2,1-3H3,(H,27,28,33)/q-1. The van der Waals surface area contributed by atoms with Crippen molar-refractivity contribution in [3.63, 3.8) is 0 Å². The number of H-pyrrole nitrogens is 1. The first-order valence-electron chi connectivity index (χ1n) is 13.4. The van der Waals surface area contributed by atoms with Crippen molar-refractivity contribution in [1.82, 2.24) is 29.4 Å². The number of sulfonamides is 1. The van der Waals surface area contributed by atoms with E-state index in [1.165, 1.54) is 16.0 Å². The third-order valence-electron chi connectivity index (χ3n) is 6.86. The van der Waals surface area contributed by atoms with Crippen molar-refractivity contribution in [2.45, 2.75) is 51.5 Å². The number of hydrogen-bond acceptors (Lipinski definition) is 9. The van der Waals surface area contributed by atoms with Crippen LogP contribution in [-0.2, 0) is 27.8 Å². The van der Waals surface area contributed by atoms with E-state index in [9.17, 15) is 18.4 Å². The first kappa shape index (κ1) is 29.2. The Hall–Kier alpha value is -2.81. The Morgan fingerprint density at radius 2 is 1.87 bits per heavy atom. The highest BCUT2D eigenvalue weighted by Crippen LogP contribution is 2.33. The normalized spacial score (nSPS) is 15.3. The predicted molar refractivity (Wildman–Crippen MR) is 149 cm³/mol. The van der Waals surface area contributed by atoms with E-state index >= 15 is 0 Å². The van der Waals surface area contributed by atoms with Gasteiger partial charge in [-0.15, -0.1) is 0 Å². The second kappa shape index (κ2) is 13.0. The summed E-state index contributed by atoms with van der Waals surface area (Å²) in [6.45, 7) is 9.51. The van der Waals surface area contributed by atoms with E-state index in [2.05, 4.69) is 16.7 Å². The molecule has 0 amide bonds. The molecule has 4 rings (SSSR count). The van der Waals surface area contributed by atoms with Gasteiger partial charge in [-0.3, -0.25) is 15.3 Å². The smallest absolute Gasteiger partial charge is 0.275 e. The lowest BCUT2D eigenvalue weighted by Crippen LogP contribution is -2.49. The van der Waals surface area contributed by atoms with Gasteiger partial charge in [0.25, 0.3) is 5.56 Å². The van der Waals surface area contributed by atoms with Gasteiger partial charge in [-0.1, -0.05) is 20.3 Å². The van der Waals surface area contributed by atoms with Crippen molar-refractivity contribution in [2.24, 2.45) is 0 Å². The van der Waals surface area contributed by atoms with Crippen LogP contribution in [0.1, 0.15) is 39.2 Å². The van der Waals surface area contributed by atoms with Crippen molar-refractivity contribution >= 4 is 21.1 Å². The van der Waals surface area contributed by atoms with Gasteiger partial charge < -0.3 is 24.3 Å². The quantitative estimate of drug-likeness (QED) is 0.237. The van der Waals surface area contributed by atoms with Gasteiger partial charge in [0.1, 0.15) is 17.1 Å². The number of rotatable bonds is 13. The summed E-state index contributed by atoms with van der Waals surface area (Å²) in [5.74, 6) is 0.737. The molecule has 0 unspecified atom stereocenters. The van der Waals surface area contributed by atoms with Crippen LogP contribution in [0.4, 0.5) is 0 Å². The summed E-state index contributed by atoms with van der Waals surface area (Å²) in [6.07, 6.45) is 4.42. The minimum absolute atomic E-state index is 0.108. The largest absolute Gasteiger partial charge is 0.765 e. The molecule has 0 radical (unpaired) electrons. The highest BCUT2D eigenvalue weighted by molar-refractivity contribution is 7.89. The topological polar surface area (TPSA) is 145 Å². The van der Waals surface area contributed by atoms with Crippen molar-refractivity contribution in [3.05, 3.63) is 45.5 Å². The minimum atomic E-state index is -3.81. The van der Waals surface area contributed by atoms with Gasteiger partial charge in [-0.25, -0.2) is 13.4 Å². The van der Waals surface area contributed by atoms with Crippen LogP contribution in [0.3, 0.4) is 0 Å². The molecule has 12 nitrogen and oxygen atoms in total.